The van der Waals surface area contributed by atoms with Gasteiger partial charge in [0, 0.05) is 42.6 Å². The Hall–Kier alpha value is -2.21. The zero-order chi connectivity index (χ0) is 18.9. The molecule has 1 saturated heterocycles. The zero-order valence-corrected chi connectivity index (χ0v) is 16.6. The molecule has 1 aromatic carbocycles. The smallest absolute Gasteiger partial charge is 0.231 e. The van der Waals surface area contributed by atoms with Gasteiger partial charge >= 0.3 is 0 Å². The van der Waals surface area contributed by atoms with Crippen molar-refractivity contribution in [3.8, 4) is 0 Å². The highest BCUT2D eigenvalue weighted by Crippen LogP contribution is 2.42. The van der Waals surface area contributed by atoms with E-state index in [2.05, 4.69) is 31.1 Å². The number of pyridine rings is 1. The van der Waals surface area contributed by atoms with E-state index in [9.17, 15) is 9.59 Å². The van der Waals surface area contributed by atoms with Crippen molar-refractivity contribution in [3.05, 3.63) is 58.7 Å². The summed E-state index contributed by atoms with van der Waals surface area (Å²) in [6, 6.07) is 13.8. The molecule has 0 bridgehead atoms. The number of rotatable bonds is 4. The number of piperidine rings is 1. The third kappa shape index (κ3) is 3.63. The van der Waals surface area contributed by atoms with Gasteiger partial charge in [0.2, 0.25) is 5.91 Å². The molecule has 140 valence electrons. The predicted molar refractivity (Wildman–Crippen MR) is 108 cm³/mol. The van der Waals surface area contributed by atoms with Crippen molar-refractivity contribution < 1.29 is 9.59 Å². The fraction of sp³-hybridized carbons (Fsp3) is 0.381. The van der Waals surface area contributed by atoms with Crippen LogP contribution in [0.5, 0.6) is 0 Å². The molecule has 2 heterocycles. The van der Waals surface area contributed by atoms with Crippen LogP contribution in [0, 0.1) is 0 Å². The lowest BCUT2D eigenvalue weighted by Crippen LogP contribution is -2.57. The first kappa shape index (κ1) is 18.2. The number of nitrogens with one attached hydrogen (secondary N) is 1. The first-order chi connectivity index (χ1) is 13.1. The molecular formula is C21H22BrN3O2. The Labute approximate surface area is 167 Å². The van der Waals surface area contributed by atoms with Crippen molar-refractivity contribution in [2.45, 2.75) is 37.1 Å². The standard InChI is InChI=1S/C21H22BrN3O2/c22-16-5-3-4-15(12-16)21(13-18(26)14-21)20(27)24-17-7-10-25(11-8-17)19-6-1-2-9-23-19/h1-6,9,12,17H,7-8,10-11,13-14H2,(H,24,27). The van der Waals surface area contributed by atoms with Gasteiger partial charge in [-0.3, -0.25) is 9.59 Å². The predicted octanol–water partition coefficient (Wildman–Crippen LogP) is 3.23. The fourth-order valence-electron chi connectivity index (χ4n) is 4.02. The number of hydrogen-bond acceptors (Lipinski definition) is 4. The van der Waals surface area contributed by atoms with Gasteiger partial charge in [-0.05, 0) is 42.7 Å². The molecule has 4 rings (SSSR count). The molecule has 0 spiro atoms. The lowest BCUT2D eigenvalue weighted by Gasteiger charge is -2.41. The van der Waals surface area contributed by atoms with Gasteiger partial charge in [-0.25, -0.2) is 4.98 Å². The maximum absolute atomic E-state index is 13.1. The number of ketones is 1. The molecule has 1 aliphatic heterocycles. The quantitative estimate of drug-likeness (QED) is 0.813. The van der Waals surface area contributed by atoms with Gasteiger partial charge in [-0.15, -0.1) is 0 Å². The molecular weight excluding hydrogens is 406 g/mol. The number of amides is 1. The molecule has 2 aliphatic rings. The summed E-state index contributed by atoms with van der Waals surface area (Å²) in [5.74, 6) is 1.11. The van der Waals surface area contributed by atoms with Crippen molar-refractivity contribution in [1.82, 2.24) is 10.3 Å². The van der Waals surface area contributed by atoms with E-state index in [4.69, 9.17) is 0 Å². The Kier molecular flexibility index (Phi) is 5.00. The van der Waals surface area contributed by atoms with E-state index in [-0.39, 0.29) is 17.7 Å². The molecule has 1 amide bonds. The second-order valence-corrected chi connectivity index (χ2v) is 8.32. The van der Waals surface area contributed by atoms with Gasteiger partial charge in [0.05, 0.1) is 5.41 Å². The molecule has 1 aliphatic carbocycles. The number of halogens is 1. The van der Waals surface area contributed by atoms with Crippen molar-refractivity contribution in [2.75, 3.05) is 18.0 Å². The maximum atomic E-state index is 13.1. The summed E-state index contributed by atoms with van der Waals surface area (Å²) >= 11 is 3.47. The van der Waals surface area contributed by atoms with Crippen LogP contribution in [-0.4, -0.2) is 35.8 Å². The van der Waals surface area contributed by atoms with Gasteiger partial charge in [-0.2, -0.15) is 0 Å². The number of carbonyl (C=O) groups excluding carboxylic acids is 2. The summed E-state index contributed by atoms with van der Waals surface area (Å²) in [4.78, 5) is 31.5. The number of aromatic nitrogens is 1. The summed E-state index contributed by atoms with van der Waals surface area (Å²) in [5.41, 5.74) is 0.207. The number of hydrogen-bond donors (Lipinski definition) is 1. The minimum Gasteiger partial charge on any atom is -0.356 e. The summed E-state index contributed by atoms with van der Waals surface area (Å²) in [5, 5.41) is 3.22. The van der Waals surface area contributed by atoms with Crippen LogP contribution in [0.25, 0.3) is 0 Å². The third-order valence-corrected chi connectivity index (χ3v) is 6.11. The van der Waals surface area contributed by atoms with Crippen LogP contribution in [0.4, 0.5) is 5.82 Å². The molecule has 1 aromatic heterocycles. The largest absolute Gasteiger partial charge is 0.356 e. The number of Topliss-reactive ketones (excluding diaryl/α,β-unsaturated/α-hetero) is 1. The van der Waals surface area contributed by atoms with Crippen molar-refractivity contribution in [3.63, 3.8) is 0 Å². The Bertz CT molecular complexity index is 840. The highest BCUT2D eigenvalue weighted by molar-refractivity contribution is 9.10. The van der Waals surface area contributed by atoms with Crippen LogP contribution in [-0.2, 0) is 15.0 Å². The van der Waals surface area contributed by atoms with Crippen molar-refractivity contribution in [1.29, 1.82) is 0 Å². The van der Waals surface area contributed by atoms with Crippen LogP contribution in [0.1, 0.15) is 31.2 Å². The molecule has 6 heteroatoms. The Balaban J connectivity index is 1.42. The minimum absolute atomic E-state index is 0.0171. The molecule has 0 unspecified atom stereocenters. The van der Waals surface area contributed by atoms with Crippen LogP contribution in [0.15, 0.2) is 53.1 Å². The average Bonchev–Trinajstić information content (AvgIpc) is 2.66. The van der Waals surface area contributed by atoms with Crippen LogP contribution < -0.4 is 10.2 Å². The van der Waals surface area contributed by atoms with E-state index in [1.54, 1.807) is 6.20 Å². The van der Waals surface area contributed by atoms with Gasteiger partial charge in [0.1, 0.15) is 11.6 Å². The maximum Gasteiger partial charge on any atom is 0.231 e. The normalized spacial score (nSPS) is 19.4. The van der Waals surface area contributed by atoms with E-state index in [1.807, 2.05) is 42.5 Å². The lowest BCUT2D eigenvalue weighted by molar-refractivity contribution is -0.141. The summed E-state index contributed by atoms with van der Waals surface area (Å²) < 4.78 is 0.926. The Morgan fingerprint density at radius 2 is 1.93 bits per heavy atom. The number of benzene rings is 1. The molecule has 1 saturated carbocycles. The van der Waals surface area contributed by atoms with E-state index in [1.165, 1.54) is 0 Å². The van der Waals surface area contributed by atoms with Gasteiger partial charge in [-0.1, -0.05) is 34.1 Å². The summed E-state index contributed by atoms with van der Waals surface area (Å²) in [6.07, 6.45) is 4.15. The molecule has 0 atom stereocenters. The molecule has 5 nitrogen and oxygen atoms in total. The molecule has 2 fully saturated rings. The third-order valence-electron chi connectivity index (χ3n) is 5.61. The monoisotopic (exact) mass is 427 g/mol. The van der Waals surface area contributed by atoms with Crippen LogP contribution in [0.2, 0.25) is 0 Å². The second kappa shape index (κ2) is 7.43. The molecule has 1 N–H and O–H groups in total. The van der Waals surface area contributed by atoms with E-state index in [0.29, 0.717) is 12.8 Å². The van der Waals surface area contributed by atoms with Crippen LogP contribution >= 0.6 is 15.9 Å². The Morgan fingerprint density at radius 1 is 1.15 bits per heavy atom. The van der Waals surface area contributed by atoms with Gasteiger partial charge in [0.15, 0.2) is 0 Å². The molecule has 0 radical (unpaired) electrons. The second-order valence-electron chi connectivity index (χ2n) is 7.41. The van der Waals surface area contributed by atoms with Crippen molar-refractivity contribution in [2.24, 2.45) is 0 Å². The average molecular weight is 428 g/mol. The lowest BCUT2D eigenvalue weighted by atomic mass is 9.63. The van der Waals surface area contributed by atoms with Crippen LogP contribution in [0.3, 0.4) is 0 Å². The topological polar surface area (TPSA) is 62.3 Å². The summed E-state index contributed by atoms with van der Waals surface area (Å²) in [6.45, 7) is 1.73. The fourth-order valence-corrected chi connectivity index (χ4v) is 4.42. The molecule has 27 heavy (non-hydrogen) atoms. The first-order valence-corrected chi connectivity index (χ1v) is 10.1. The number of carbonyl (C=O) groups is 2. The van der Waals surface area contributed by atoms with Gasteiger partial charge in [0.25, 0.3) is 0 Å². The van der Waals surface area contributed by atoms with E-state index < -0.39 is 5.41 Å². The zero-order valence-electron chi connectivity index (χ0n) is 15.0. The number of anilines is 1. The first-order valence-electron chi connectivity index (χ1n) is 9.31. The summed E-state index contributed by atoms with van der Waals surface area (Å²) in [7, 11) is 0. The van der Waals surface area contributed by atoms with Gasteiger partial charge < -0.3 is 10.2 Å². The van der Waals surface area contributed by atoms with E-state index >= 15 is 0 Å². The highest BCUT2D eigenvalue weighted by Gasteiger charge is 2.51. The SMILES string of the molecule is O=C1CC(C(=O)NC2CCN(c3ccccn3)CC2)(c2cccc(Br)c2)C1. The number of nitrogens with zero attached hydrogens (tertiary/aromatic N) is 2. The highest BCUT2D eigenvalue weighted by atomic mass is 79.9. The van der Waals surface area contributed by atoms with Crippen molar-refractivity contribution >= 4 is 33.4 Å². The van der Waals surface area contributed by atoms with E-state index in [0.717, 1.165) is 41.8 Å². The molecule has 2 aromatic rings. The minimum atomic E-state index is -0.709. The Morgan fingerprint density at radius 3 is 2.56 bits per heavy atom.